The van der Waals surface area contributed by atoms with Crippen LogP contribution in [0.4, 0.5) is 5.69 Å². The van der Waals surface area contributed by atoms with Crippen LogP contribution in [0.1, 0.15) is 34.3 Å². The molecule has 0 saturated carbocycles. The van der Waals surface area contributed by atoms with Crippen LogP contribution in [0.2, 0.25) is 0 Å². The molecular weight excluding hydrogens is 352 g/mol. The van der Waals surface area contributed by atoms with E-state index in [1.54, 1.807) is 7.11 Å². The average molecular weight is 380 g/mol. The molecule has 0 unspecified atom stereocenters. The van der Waals surface area contributed by atoms with Gasteiger partial charge in [0.15, 0.2) is 0 Å². The molecule has 28 heavy (non-hydrogen) atoms. The summed E-state index contributed by atoms with van der Waals surface area (Å²) in [5.74, 6) is 0.994. The standard InChI is InChI=1S/C23H28N2O3/c1-24(2)19-6-4-5-18(15-19)22(26)25-12-10-23(11-13-25)21-8-7-20(27-3)16-17(21)9-14-28-23/h4-8,15-16H,9-14H2,1-3H3. The Morgan fingerprint density at radius 1 is 1.14 bits per heavy atom. The molecule has 0 atom stereocenters. The number of anilines is 1. The van der Waals surface area contributed by atoms with Crippen LogP contribution in [0, 0.1) is 0 Å². The number of carbonyl (C=O) groups excluding carboxylic acids is 1. The highest BCUT2D eigenvalue weighted by Gasteiger charge is 2.41. The fraction of sp³-hybridized carbons (Fsp3) is 0.435. The van der Waals surface area contributed by atoms with Gasteiger partial charge in [-0.25, -0.2) is 0 Å². The maximum Gasteiger partial charge on any atom is 0.253 e. The molecule has 1 fully saturated rings. The van der Waals surface area contributed by atoms with Gasteiger partial charge in [0.2, 0.25) is 0 Å². The van der Waals surface area contributed by atoms with Crippen molar-refractivity contribution in [1.29, 1.82) is 0 Å². The first-order valence-corrected chi connectivity index (χ1v) is 9.90. The highest BCUT2D eigenvalue weighted by Crippen LogP contribution is 2.42. The molecule has 2 aromatic rings. The normalized spacial score (nSPS) is 17.9. The van der Waals surface area contributed by atoms with Crippen molar-refractivity contribution in [1.82, 2.24) is 4.90 Å². The first-order valence-electron chi connectivity index (χ1n) is 9.90. The molecule has 1 saturated heterocycles. The zero-order chi connectivity index (χ0) is 19.7. The van der Waals surface area contributed by atoms with Crippen molar-refractivity contribution >= 4 is 11.6 Å². The predicted molar refractivity (Wildman–Crippen MR) is 110 cm³/mol. The number of amides is 1. The second kappa shape index (κ2) is 7.47. The molecule has 2 aliphatic heterocycles. The maximum absolute atomic E-state index is 13.0. The Morgan fingerprint density at radius 3 is 2.64 bits per heavy atom. The number of nitrogens with zero attached hydrogens (tertiary/aromatic N) is 2. The van der Waals surface area contributed by atoms with E-state index in [0.29, 0.717) is 13.1 Å². The molecule has 2 aromatic carbocycles. The zero-order valence-corrected chi connectivity index (χ0v) is 16.9. The van der Waals surface area contributed by atoms with Gasteiger partial charge in [-0.05, 0) is 60.7 Å². The monoisotopic (exact) mass is 380 g/mol. The lowest BCUT2D eigenvalue weighted by Crippen LogP contribution is -2.48. The van der Waals surface area contributed by atoms with E-state index < -0.39 is 0 Å². The lowest BCUT2D eigenvalue weighted by Gasteiger charge is -2.45. The molecule has 5 nitrogen and oxygen atoms in total. The second-order valence-electron chi connectivity index (χ2n) is 7.85. The SMILES string of the molecule is COc1ccc2c(c1)CCOC21CCN(C(=O)c2cccc(N(C)C)c2)CC1. The van der Waals surface area contributed by atoms with E-state index in [0.717, 1.165) is 42.9 Å². The van der Waals surface area contributed by atoms with E-state index in [9.17, 15) is 4.79 Å². The van der Waals surface area contributed by atoms with Crippen molar-refractivity contribution in [2.24, 2.45) is 0 Å². The van der Waals surface area contributed by atoms with Gasteiger partial charge in [-0.3, -0.25) is 4.79 Å². The lowest BCUT2D eigenvalue weighted by atomic mass is 9.79. The number of rotatable bonds is 3. The van der Waals surface area contributed by atoms with Crippen LogP contribution in [0.5, 0.6) is 5.75 Å². The number of likely N-dealkylation sites (tertiary alicyclic amines) is 1. The van der Waals surface area contributed by atoms with Crippen LogP contribution in [0.15, 0.2) is 42.5 Å². The number of methoxy groups -OCH3 is 1. The fourth-order valence-corrected chi connectivity index (χ4v) is 4.37. The highest BCUT2D eigenvalue weighted by atomic mass is 16.5. The Kier molecular flexibility index (Phi) is 5.02. The minimum atomic E-state index is -0.276. The zero-order valence-electron chi connectivity index (χ0n) is 16.9. The number of ether oxygens (including phenoxy) is 2. The van der Waals surface area contributed by atoms with Gasteiger partial charge in [0.25, 0.3) is 5.91 Å². The molecule has 0 aromatic heterocycles. The van der Waals surface area contributed by atoms with Crippen molar-refractivity contribution in [3.05, 3.63) is 59.2 Å². The number of hydrogen-bond donors (Lipinski definition) is 0. The highest BCUT2D eigenvalue weighted by molar-refractivity contribution is 5.95. The Morgan fingerprint density at radius 2 is 1.93 bits per heavy atom. The third-order valence-electron chi connectivity index (χ3n) is 6.02. The van der Waals surface area contributed by atoms with E-state index >= 15 is 0 Å². The Hall–Kier alpha value is -2.53. The number of hydrogen-bond acceptors (Lipinski definition) is 4. The summed E-state index contributed by atoms with van der Waals surface area (Å²) in [6.07, 6.45) is 2.56. The van der Waals surface area contributed by atoms with Gasteiger partial charge < -0.3 is 19.3 Å². The molecule has 0 aliphatic carbocycles. The van der Waals surface area contributed by atoms with E-state index in [1.165, 1.54) is 11.1 Å². The van der Waals surface area contributed by atoms with Crippen LogP contribution in [0.3, 0.4) is 0 Å². The van der Waals surface area contributed by atoms with Crippen molar-refractivity contribution in [2.45, 2.75) is 24.9 Å². The maximum atomic E-state index is 13.0. The van der Waals surface area contributed by atoms with E-state index in [1.807, 2.05) is 54.2 Å². The molecule has 148 valence electrons. The second-order valence-corrected chi connectivity index (χ2v) is 7.85. The first-order chi connectivity index (χ1) is 13.5. The fourth-order valence-electron chi connectivity index (χ4n) is 4.37. The summed E-state index contributed by atoms with van der Waals surface area (Å²) in [5, 5.41) is 0. The largest absolute Gasteiger partial charge is 0.497 e. The average Bonchev–Trinajstić information content (AvgIpc) is 2.74. The third-order valence-corrected chi connectivity index (χ3v) is 6.02. The number of fused-ring (bicyclic) bond motifs is 2. The predicted octanol–water partition coefficient (Wildman–Crippen LogP) is 3.47. The quantitative estimate of drug-likeness (QED) is 0.818. The smallest absolute Gasteiger partial charge is 0.253 e. The topological polar surface area (TPSA) is 42.0 Å². The molecule has 2 heterocycles. The van der Waals surface area contributed by atoms with Crippen LogP contribution in [0.25, 0.3) is 0 Å². The number of piperidine rings is 1. The molecule has 0 N–H and O–H groups in total. The number of carbonyl (C=O) groups is 1. The van der Waals surface area contributed by atoms with Crippen LogP contribution < -0.4 is 9.64 Å². The van der Waals surface area contributed by atoms with Crippen molar-refractivity contribution < 1.29 is 14.3 Å². The first kappa shape index (κ1) is 18.8. The molecule has 4 rings (SSSR count). The van der Waals surface area contributed by atoms with Crippen molar-refractivity contribution in [2.75, 3.05) is 45.8 Å². The molecular formula is C23H28N2O3. The molecule has 1 spiro atoms. The number of benzene rings is 2. The summed E-state index contributed by atoms with van der Waals surface area (Å²) in [5.41, 5.74) is 4.09. The molecule has 0 radical (unpaired) electrons. The van der Waals surface area contributed by atoms with Crippen LogP contribution in [-0.4, -0.2) is 51.7 Å². The van der Waals surface area contributed by atoms with E-state index in [2.05, 4.69) is 12.1 Å². The Labute approximate surface area is 166 Å². The van der Waals surface area contributed by atoms with Gasteiger partial charge in [0.1, 0.15) is 5.75 Å². The summed E-state index contributed by atoms with van der Waals surface area (Å²) in [7, 11) is 5.68. The van der Waals surface area contributed by atoms with Crippen LogP contribution in [-0.2, 0) is 16.8 Å². The lowest BCUT2D eigenvalue weighted by molar-refractivity contribution is -0.0935. The van der Waals surface area contributed by atoms with E-state index in [4.69, 9.17) is 9.47 Å². The minimum absolute atomic E-state index is 0.101. The summed E-state index contributed by atoms with van der Waals surface area (Å²) in [6.45, 7) is 2.13. The summed E-state index contributed by atoms with van der Waals surface area (Å²) >= 11 is 0. The van der Waals surface area contributed by atoms with Gasteiger partial charge in [-0.2, -0.15) is 0 Å². The van der Waals surface area contributed by atoms with Gasteiger partial charge in [-0.15, -0.1) is 0 Å². The molecule has 2 aliphatic rings. The molecule has 0 bridgehead atoms. The summed E-state index contributed by atoms with van der Waals surface area (Å²) < 4.78 is 11.7. The van der Waals surface area contributed by atoms with Gasteiger partial charge in [-0.1, -0.05) is 12.1 Å². The van der Waals surface area contributed by atoms with Gasteiger partial charge in [0.05, 0.1) is 19.3 Å². The molecule has 1 amide bonds. The van der Waals surface area contributed by atoms with Crippen LogP contribution >= 0.6 is 0 Å². The summed E-state index contributed by atoms with van der Waals surface area (Å²) in [6, 6.07) is 14.1. The van der Waals surface area contributed by atoms with Gasteiger partial charge >= 0.3 is 0 Å². The molecule has 5 heteroatoms. The summed E-state index contributed by atoms with van der Waals surface area (Å²) in [4.78, 5) is 17.0. The third kappa shape index (κ3) is 3.35. The van der Waals surface area contributed by atoms with Crippen molar-refractivity contribution in [3.8, 4) is 5.75 Å². The minimum Gasteiger partial charge on any atom is -0.497 e. The Bertz CT molecular complexity index is 870. The van der Waals surface area contributed by atoms with Crippen molar-refractivity contribution in [3.63, 3.8) is 0 Å². The van der Waals surface area contributed by atoms with E-state index in [-0.39, 0.29) is 11.5 Å². The Balaban J connectivity index is 1.51. The van der Waals surface area contributed by atoms with Gasteiger partial charge in [0, 0.05) is 38.4 Å².